The van der Waals surface area contributed by atoms with Gasteiger partial charge in [-0.05, 0) is 44.1 Å². The first-order valence-corrected chi connectivity index (χ1v) is 13.9. The highest BCUT2D eigenvalue weighted by Crippen LogP contribution is 2.40. The van der Waals surface area contributed by atoms with Crippen molar-refractivity contribution in [2.24, 2.45) is 5.92 Å². The molecule has 11 heteroatoms. The van der Waals surface area contributed by atoms with Crippen molar-refractivity contribution in [1.82, 2.24) is 24.1 Å². The molecule has 0 unspecified atom stereocenters. The van der Waals surface area contributed by atoms with E-state index in [-0.39, 0.29) is 12.6 Å². The Morgan fingerprint density at radius 2 is 1.77 bits per heavy atom. The van der Waals surface area contributed by atoms with Crippen molar-refractivity contribution in [3.05, 3.63) is 36.4 Å². The number of nitrogens with one attached hydrogen (secondary N) is 1. The van der Waals surface area contributed by atoms with Gasteiger partial charge in [-0.25, -0.2) is 4.98 Å². The number of nitrogens with zero attached hydrogens (tertiary/aromatic N) is 6. The fourth-order valence-electron chi connectivity index (χ4n) is 5.88. The van der Waals surface area contributed by atoms with Gasteiger partial charge in [0.1, 0.15) is 17.8 Å². The molecular formula is C29H37N7O4. The Bertz CT molecular complexity index is 1480. The third-order valence-corrected chi connectivity index (χ3v) is 8.20. The summed E-state index contributed by atoms with van der Waals surface area (Å²) >= 11 is 0. The molecule has 11 nitrogen and oxygen atoms in total. The average molecular weight is 548 g/mol. The highest BCUT2D eigenvalue weighted by atomic mass is 16.5. The van der Waals surface area contributed by atoms with Crippen LogP contribution in [0.25, 0.3) is 16.7 Å². The molecule has 40 heavy (non-hydrogen) atoms. The van der Waals surface area contributed by atoms with Crippen LogP contribution in [0.5, 0.6) is 17.2 Å². The topological polar surface area (TPSA) is 112 Å². The molecule has 0 spiro atoms. The van der Waals surface area contributed by atoms with Crippen molar-refractivity contribution >= 4 is 28.6 Å². The smallest absolute Gasteiger partial charge is 0.232 e. The van der Waals surface area contributed by atoms with E-state index in [1.165, 1.54) is 19.3 Å². The molecule has 1 aromatic carbocycles. The van der Waals surface area contributed by atoms with Crippen LogP contribution in [0.2, 0.25) is 0 Å². The molecule has 1 saturated carbocycles. The van der Waals surface area contributed by atoms with Gasteiger partial charge in [0.15, 0.2) is 17.3 Å². The number of ether oxygens (including phenoxy) is 3. The fourth-order valence-corrected chi connectivity index (χ4v) is 5.88. The zero-order valence-corrected chi connectivity index (χ0v) is 23.6. The molecule has 4 heterocycles. The number of hydrogen-bond acceptors (Lipinski definition) is 9. The van der Waals surface area contributed by atoms with Crippen LogP contribution in [-0.4, -0.2) is 69.7 Å². The van der Waals surface area contributed by atoms with Crippen molar-refractivity contribution in [2.45, 2.75) is 51.6 Å². The first-order chi connectivity index (χ1) is 19.5. The SMILES string of the molecule is COc1cc(-n2cnc(Nc3nc(N4CCC[C@H]4CO)c4c(C)cn(CC5CCC5)c4n3)c2)cc(OC)c1OC. The van der Waals surface area contributed by atoms with Gasteiger partial charge in [-0.15, -0.1) is 0 Å². The monoisotopic (exact) mass is 547 g/mol. The second kappa shape index (κ2) is 10.9. The van der Waals surface area contributed by atoms with Gasteiger partial charge in [0.05, 0.1) is 51.2 Å². The molecule has 2 aliphatic rings. The molecule has 6 rings (SSSR count). The van der Waals surface area contributed by atoms with Gasteiger partial charge in [0, 0.05) is 31.4 Å². The van der Waals surface area contributed by atoms with Gasteiger partial charge in [0.25, 0.3) is 0 Å². The summed E-state index contributed by atoms with van der Waals surface area (Å²) in [6, 6.07) is 3.79. The van der Waals surface area contributed by atoms with E-state index in [4.69, 9.17) is 24.2 Å². The number of rotatable bonds is 10. The quantitative estimate of drug-likeness (QED) is 0.297. The van der Waals surface area contributed by atoms with E-state index in [0.29, 0.717) is 34.9 Å². The normalized spacial score (nSPS) is 17.3. The highest BCUT2D eigenvalue weighted by molar-refractivity contribution is 5.93. The number of aryl methyl sites for hydroxylation is 1. The predicted octanol–water partition coefficient (Wildman–Crippen LogP) is 4.46. The Kier molecular flexibility index (Phi) is 7.14. The maximum absolute atomic E-state index is 10.1. The lowest BCUT2D eigenvalue weighted by Crippen LogP contribution is -2.33. The number of aliphatic hydroxyl groups is 1. The highest BCUT2D eigenvalue weighted by Gasteiger charge is 2.29. The molecular weight excluding hydrogens is 510 g/mol. The zero-order valence-electron chi connectivity index (χ0n) is 23.6. The molecule has 3 aromatic heterocycles. The summed E-state index contributed by atoms with van der Waals surface area (Å²) in [5, 5.41) is 14.5. The van der Waals surface area contributed by atoms with Crippen molar-refractivity contribution in [1.29, 1.82) is 0 Å². The molecule has 0 amide bonds. The van der Waals surface area contributed by atoms with E-state index in [9.17, 15) is 5.11 Å². The molecule has 2 N–H and O–H groups in total. The summed E-state index contributed by atoms with van der Waals surface area (Å²) in [4.78, 5) is 16.8. The molecule has 1 aliphatic heterocycles. The van der Waals surface area contributed by atoms with Crippen LogP contribution in [0.4, 0.5) is 17.6 Å². The Balaban J connectivity index is 1.37. The van der Waals surface area contributed by atoms with Crippen LogP contribution in [0.1, 0.15) is 37.7 Å². The number of fused-ring (bicyclic) bond motifs is 1. The zero-order chi connectivity index (χ0) is 27.8. The van der Waals surface area contributed by atoms with Gasteiger partial charge in [-0.3, -0.25) is 0 Å². The number of hydrogen-bond donors (Lipinski definition) is 2. The van der Waals surface area contributed by atoms with Crippen molar-refractivity contribution in [2.75, 3.05) is 44.7 Å². The summed E-state index contributed by atoms with van der Waals surface area (Å²) < 4.78 is 20.6. The first-order valence-electron chi connectivity index (χ1n) is 13.9. The molecule has 0 radical (unpaired) electrons. The van der Waals surface area contributed by atoms with E-state index < -0.39 is 0 Å². The second-order valence-corrected chi connectivity index (χ2v) is 10.7. The Morgan fingerprint density at radius 3 is 2.42 bits per heavy atom. The summed E-state index contributed by atoms with van der Waals surface area (Å²) in [7, 11) is 4.77. The minimum atomic E-state index is 0.0552. The maximum atomic E-state index is 10.1. The van der Waals surface area contributed by atoms with Gasteiger partial charge in [-0.1, -0.05) is 6.42 Å². The lowest BCUT2D eigenvalue weighted by molar-refractivity contribution is 0.266. The predicted molar refractivity (Wildman–Crippen MR) is 154 cm³/mol. The lowest BCUT2D eigenvalue weighted by atomic mass is 9.85. The Morgan fingerprint density at radius 1 is 1.00 bits per heavy atom. The van der Waals surface area contributed by atoms with Gasteiger partial charge in [-0.2, -0.15) is 9.97 Å². The largest absolute Gasteiger partial charge is 0.493 e. The lowest BCUT2D eigenvalue weighted by Gasteiger charge is -2.27. The summed E-state index contributed by atoms with van der Waals surface area (Å²) in [6.45, 7) is 4.05. The molecule has 0 bridgehead atoms. The molecule has 1 saturated heterocycles. The maximum Gasteiger partial charge on any atom is 0.232 e. The molecule has 1 aliphatic carbocycles. The third-order valence-electron chi connectivity index (χ3n) is 8.20. The van der Waals surface area contributed by atoms with Crippen LogP contribution in [0.3, 0.4) is 0 Å². The number of benzene rings is 1. The van der Waals surface area contributed by atoms with Gasteiger partial charge < -0.3 is 38.7 Å². The number of aliphatic hydroxyl groups excluding tert-OH is 1. The number of aromatic nitrogens is 5. The van der Waals surface area contributed by atoms with E-state index >= 15 is 0 Å². The summed E-state index contributed by atoms with van der Waals surface area (Å²) in [6.07, 6.45) is 11.6. The Labute approximate surface area is 233 Å². The van der Waals surface area contributed by atoms with Crippen molar-refractivity contribution < 1.29 is 19.3 Å². The molecule has 4 aromatic rings. The summed E-state index contributed by atoms with van der Waals surface area (Å²) in [5.74, 6) is 4.30. The summed E-state index contributed by atoms with van der Waals surface area (Å²) in [5.41, 5.74) is 2.88. The van der Waals surface area contributed by atoms with Crippen LogP contribution < -0.4 is 24.4 Å². The molecule has 2 fully saturated rings. The number of imidazole rings is 1. The molecule has 212 valence electrons. The average Bonchev–Trinajstić information content (AvgIpc) is 3.68. The van der Waals surface area contributed by atoms with E-state index in [1.54, 1.807) is 27.7 Å². The standard InChI is InChI=1S/C29H37N7O4/c1-18-13-34(14-19-7-5-8-19)27-25(18)28(36-10-6-9-20(36)16-37)33-29(32-27)31-24-15-35(17-30-24)21-11-22(38-2)26(40-4)23(12-21)39-3/h11-13,15,17,19-20,37H,5-10,14,16H2,1-4H3,(H,31,32,33)/t20-/m0/s1. The van der Waals surface area contributed by atoms with E-state index in [2.05, 4.69) is 32.9 Å². The number of methoxy groups -OCH3 is 3. The first kappa shape index (κ1) is 26.2. The van der Waals surface area contributed by atoms with Crippen molar-refractivity contribution in [3.63, 3.8) is 0 Å². The van der Waals surface area contributed by atoms with Crippen molar-refractivity contribution in [3.8, 4) is 22.9 Å². The van der Waals surface area contributed by atoms with Crippen LogP contribution >= 0.6 is 0 Å². The minimum absolute atomic E-state index is 0.0552. The number of anilines is 3. The Hall–Kier alpha value is -3.99. The van der Waals surface area contributed by atoms with E-state index in [1.807, 2.05) is 22.9 Å². The van der Waals surface area contributed by atoms with Gasteiger partial charge in [0.2, 0.25) is 11.7 Å². The minimum Gasteiger partial charge on any atom is -0.493 e. The molecule has 1 atom stereocenters. The third kappa shape index (κ3) is 4.68. The van der Waals surface area contributed by atoms with Crippen LogP contribution in [-0.2, 0) is 6.54 Å². The van der Waals surface area contributed by atoms with E-state index in [0.717, 1.165) is 54.0 Å². The van der Waals surface area contributed by atoms with Gasteiger partial charge >= 0.3 is 0 Å². The van der Waals surface area contributed by atoms with Crippen LogP contribution in [0.15, 0.2) is 30.9 Å². The fraction of sp³-hybridized carbons (Fsp3) is 0.483. The second-order valence-electron chi connectivity index (χ2n) is 10.7. The van der Waals surface area contributed by atoms with Crippen LogP contribution in [0, 0.1) is 12.8 Å².